The average Bonchev–Trinajstić information content (AvgIpc) is 3.81. The van der Waals surface area contributed by atoms with Gasteiger partial charge < -0.3 is 8.98 Å². The van der Waals surface area contributed by atoms with Crippen LogP contribution in [-0.2, 0) is 0 Å². The van der Waals surface area contributed by atoms with E-state index in [1.165, 1.54) is 22.0 Å². The third-order valence-corrected chi connectivity index (χ3v) is 11.4. The molecule has 5 nitrogen and oxygen atoms in total. The molecular formula is C51H32N4O. The molecule has 0 unspecified atom stereocenters. The highest BCUT2D eigenvalue weighted by Crippen LogP contribution is 2.45. The molecule has 56 heavy (non-hydrogen) atoms. The van der Waals surface area contributed by atoms with E-state index >= 15 is 0 Å². The first-order valence-electron chi connectivity index (χ1n) is 19.2. The van der Waals surface area contributed by atoms with Crippen LogP contribution >= 0.6 is 0 Å². The van der Waals surface area contributed by atoms with Gasteiger partial charge in [0.2, 0.25) is 0 Å². The Kier molecular flexibility index (Phi) is 6.69. The van der Waals surface area contributed by atoms with Crippen molar-refractivity contribution in [2.75, 3.05) is 0 Å². The minimum absolute atomic E-state index is 0.602. The Morgan fingerprint density at radius 2 is 1.18 bits per heavy atom. The van der Waals surface area contributed by atoms with Gasteiger partial charge in [0, 0.05) is 49.3 Å². The quantitative estimate of drug-likeness (QED) is 0.170. The third kappa shape index (κ3) is 4.64. The summed E-state index contributed by atoms with van der Waals surface area (Å²) in [6, 6.07) is 53.5. The van der Waals surface area contributed by atoms with Crippen LogP contribution in [0.5, 0.6) is 0 Å². The van der Waals surface area contributed by atoms with Crippen molar-refractivity contribution in [2.24, 2.45) is 0 Å². The van der Waals surface area contributed by atoms with Gasteiger partial charge in [-0.1, -0.05) is 133 Å². The summed E-state index contributed by atoms with van der Waals surface area (Å²) in [6.07, 6.45) is 8.64. The van der Waals surface area contributed by atoms with Crippen molar-refractivity contribution in [2.45, 2.75) is 12.8 Å². The van der Waals surface area contributed by atoms with Crippen LogP contribution in [0.3, 0.4) is 0 Å². The first-order valence-corrected chi connectivity index (χ1v) is 19.2. The number of benzene rings is 8. The fraction of sp³-hybridized carbons (Fsp3) is 0.0392. The molecule has 0 N–H and O–H groups in total. The van der Waals surface area contributed by atoms with Gasteiger partial charge in [0.05, 0.1) is 11.0 Å². The van der Waals surface area contributed by atoms with Crippen LogP contribution in [0, 0.1) is 0 Å². The van der Waals surface area contributed by atoms with Gasteiger partial charge in [0.25, 0.3) is 0 Å². The van der Waals surface area contributed by atoms with E-state index in [0.29, 0.717) is 17.5 Å². The lowest BCUT2D eigenvalue weighted by molar-refractivity contribution is 0.673. The third-order valence-electron chi connectivity index (χ3n) is 11.4. The van der Waals surface area contributed by atoms with Crippen molar-refractivity contribution in [3.63, 3.8) is 0 Å². The van der Waals surface area contributed by atoms with E-state index in [0.717, 1.165) is 89.3 Å². The maximum Gasteiger partial charge on any atom is 0.164 e. The molecule has 3 aromatic heterocycles. The van der Waals surface area contributed by atoms with Gasteiger partial charge in [-0.2, -0.15) is 0 Å². The smallest absolute Gasteiger partial charge is 0.164 e. The molecule has 0 fully saturated rings. The molecule has 3 heterocycles. The van der Waals surface area contributed by atoms with Crippen molar-refractivity contribution in [1.29, 1.82) is 0 Å². The number of para-hydroxylation sites is 1. The van der Waals surface area contributed by atoms with Crippen LogP contribution in [0.15, 0.2) is 174 Å². The lowest BCUT2D eigenvalue weighted by Gasteiger charge is -2.14. The maximum absolute atomic E-state index is 6.96. The molecule has 0 atom stereocenters. The summed E-state index contributed by atoms with van der Waals surface area (Å²) in [5.74, 6) is 1.85. The highest BCUT2D eigenvalue weighted by molar-refractivity contribution is 6.27. The number of rotatable bonds is 4. The molecule has 11 aromatic rings. The number of nitrogens with zero attached hydrogens (tertiary/aromatic N) is 4. The summed E-state index contributed by atoms with van der Waals surface area (Å²) in [5.41, 5.74) is 8.07. The summed E-state index contributed by atoms with van der Waals surface area (Å²) in [4.78, 5) is 16.0. The van der Waals surface area contributed by atoms with Gasteiger partial charge >= 0.3 is 0 Å². The second kappa shape index (κ2) is 12.1. The van der Waals surface area contributed by atoms with Crippen molar-refractivity contribution >= 4 is 81.8 Å². The molecule has 12 rings (SSSR count). The molecule has 0 saturated carbocycles. The monoisotopic (exact) mass is 716 g/mol. The standard InChI is InChI=1S/C51H32N4O/c1-3-15-32(16-4-1)49-52-50(39-23-13-25-43-46(39)38-22-11-12-24-42(38)55(43)36-19-5-2-6-20-36)54-51(53-49)41-29-35-27-26-31-14-9-10-21-37(31)45(35)48-47(41)40-28-33-17-7-8-18-34(33)30-44(40)56-48/h1-5,7-19,21-30H,6,20H2. The molecule has 0 bridgehead atoms. The number of hydrogen-bond acceptors (Lipinski definition) is 4. The molecule has 262 valence electrons. The zero-order valence-corrected chi connectivity index (χ0v) is 30.3. The number of furan rings is 1. The molecule has 1 aliphatic carbocycles. The SMILES string of the molecule is C1=CCCC(n2c3ccccc3c3c(-c4nc(-c5ccccc5)nc(-c5cc6ccc7ccccc7c6c6oc7cc8ccccc8cc7c56)n4)cccc32)=C1. The zero-order chi connectivity index (χ0) is 36.7. The normalized spacial score (nSPS) is 13.2. The van der Waals surface area contributed by atoms with Crippen molar-refractivity contribution in [1.82, 2.24) is 19.5 Å². The fourth-order valence-corrected chi connectivity index (χ4v) is 8.92. The van der Waals surface area contributed by atoms with Crippen molar-refractivity contribution in [3.8, 4) is 34.2 Å². The Labute approximate surface area is 321 Å². The van der Waals surface area contributed by atoms with E-state index in [1.54, 1.807) is 0 Å². The summed E-state index contributed by atoms with van der Waals surface area (Å²) in [6.45, 7) is 0. The highest BCUT2D eigenvalue weighted by Gasteiger charge is 2.24. The van der Waals surface area contributed by atoms with E-state index in [1.807, 2.05) is 18.2 Å². The molecule has 0 amide bonds. The number of fused-ring (bicyclic) bond motifs is 11. The predicted octanol–water partition coefficient (Wildman–Crippen LogP) is 13.5. The molecule has 8 aromatic carbocycles. The Hall–Kier alpha value is -7.37. The van der Waals surface area contributed by atoms with Gasteiger partial charge in [-0.25, -0.2) is 15.0 Å². The minimum atomic E-state index is 0.602. The van der Waals surface area contributed by atoms with Crippen LogP contribution in [-0.4, -0.2) is 19.5 Å². The fourth-order valence-electron chi connectivity index (χ4n) is 8.92. The van der Waals surface area contributed by atoms with Crippen LogP contribution in [0.2, 0.25) is 0 Å². The van der Waals surface area contributed by atoms with Gasteiger partial charge in [0.15, 0.2) is 17.5 Å². The van der Waals surface area contributed by atoms with Gasteiger partial charge in [-0.3, -0.25) is 0 Å². The topological polar surface area (TPSA) is 56.7 Å². The zero-order valence-electron chi connectivity index (χ0n) is 30.3. The van der Waals surface area contributed by atoms with Gasteiger partial charge in [-0.15, -0.1) is 0 Å². The van der Waals surface area contributed by atoms with E-state index < -0.39 is 0 Å². The van der Waals surface area contributed by atoms with E-state index in [-0.39, 0.29) is 0 Å². The van der Waals surface area contributed by atoms with E-state index in [2.05, 4.69) is 156 Å². The van der Waals surface area contributed by atoms with Crippen LogP contribution in [0.1, 0.15) is 12.8 Å². The van der Waals surface area contributed by atoms with E-state index in [9.17, 15) is 0 Å². The molecule has 5 heteroatoms. The number of allylic oxidation sites excluding steroid dienone is 4. The Balaban J connectivity index is 1.20. The lowest BCUT2D eigenvalue weighted by Crippen LogP contribution is -2.01. The van der Waals surface area contributed by atoms with E-state index in [4.69, 9.17) is 19.4 Å². The first kappa shape index (κ1) is 31.0. The van der Waals surface area contributed by atoms with Crippen molar-refractivity contribution in [3.05, 3.63) is 170 Å². The molecule has 0 aliphatic heterocycles. The maximum atomic E-state index is 6.96. The number of aromatic nitrogens is 4. The Bertz CT molecular complexity index is 3480. The van der Waals surface area contributed by atoms with Gasteiger partial charge in [-0.05, 0) is 76.2 Å². The first-order chi connectivity index (χ1) is 27.8. The van der Waals surface area contributed by atoms with Crippen LogP contribution in [0.25, 0.3) is 116 Å². The molecule has 0 radical (unpaired) electrons. The largest absolute Gasteiger partial charge is 0.455 e. The van der Waals surface area contributed by atoms with Crippen molar-refractivity contribution < 1.29 is 4.42 Å². The summed E-state index contributed by atoms with van der Waals surface area (Å²) in [5, 5.41) is 11.1. The Morgan fingerprint density at radius 1 is 0.482 bits per heavy atom. The molecule has 1 aliphatic rings. The molecular weight excluding hydrogens is 685 g/mol. The second-order valence-corrected chi connectivity index (χ2v) is 14.7. The van der Waals surface area contributed by atoms with Gasteiger partial charge in [0.1, 0.15) is 11.2 Å². The number of hydrogen-bond donors (Lipinski definition) is 0. The summed E-state index contributed by atoms with van der Waals surface area (Å²) < 4.78 is 9.37. The highest BCUT2D eigenvalue weighted by atomic mass is 16.3. The average molecular weight is 717 g/mol. The predicted molar refractivity (Wildman–Crippen MR) is 232 cm³/mol. The molecule has 0 spiro atoms. The second-order valence-electron chi connectivity index (χ2n) is 14.7. The van der Waals surface area contributed by atoms with Crippen LogP contribution in [0.4, 0.5) is 0 Å². The minimum Gasteiger partial charge on any atom is -0.455 e. The lowest BCUT2D eigenvalue weighted by atomic mass is 9.95. The summed E-state index contributed by atoms with van der Waals surface area (Å²) >= 11 is 0. The van der Waals surface area contributed by atoms with Crippen LogP contribution < -0.4 is 0 Å². The molecule has 0 saturated heterocycles. The Morgan fingerprint density at radius 3 is 2.02 bits per heavy atom. The summed E-state index contributed by atoms with van der Waals surface area (Å²) in [7, 11) is 0.